The second-order valence-corrected chi connectivity index (χ2v) is 8.66. The molecule has 0 bridgehead atoms. The van der Waals surface area contributed by atoms with Crippen LogP contribution in [0, 0.1) is 6.92 Å². The predicted molar refractivity (Wildman–Crippen MR) is 131 cm³/mol. The van der Waals surface area contributed by atoms with Gasteiger partial charge in [-0.2, -0.15) is 0 Å². The molecule has 1 aliphatic rings. The maximum Gasteiger partial charge on any atom is 0.293 e. The molecule has 0 radical (unpaired) electrons. The number of rotatable bonds is 8. The number of imide groups is 1. The predicted octanol–water partition coefficient (Wildman–Crippen LogP) is 6.21. The van der Waals surface area contributed by atoms with Gasteiger partial charge in [0.25, 0.3) is 11.1 Å². The van der Waals surface area contributed by atoms with Crippen molar-refractivity contribution in [3.05, 3.63) is 100.0 Å². The van der Waals surface area contributed by atoms with E-state index in [1.54, 1.807) is 6.08 Å². The van der Waals surface area contributed by atoms with Crippen LogP contribution in [0.5, 0.6) is 11.5 Å². The summed E-state index contributed by atoms with van der Waals surface area (Å²) < 4.78 is 11.7. The molecule has 0 N–H and O–H groups in total. The molecule has 0 aromatic heterocycles. The maximum absolute atomic E-state index is 12.9. The summed E-state index contributed by atoms with van der Waals surface area (Å²) in [5.41, 5.74) is 3.85. The van der Waals surface area contributed by atoms with Crippen molar-refractivity contribution >= 4 is 29.0 Å². The molecule has 1 saturated heterocycles. The van der Waals surface area contributed by atoms with E-state index < -0.39 is 0 Å². The number of thioether (sulfide) groups is 1. The molecule has 168 valence electrons. The summed E-state index contributed by atoms with van der Waals surface area (Å²) in [6.07, 6.45) is 1.73. The molecule has 1 heterocycles. The topological polar surface area (TPSA) is 55.8 Å². The largest absolute Gasteiger partial charge is 0.490 e. The van der Waals surface area contributed by atoms with Gasteiger partial charge in [0.1, 0.15) is 6.61 Å². The zero-order valence-electron chi connectivity index (χ0n) is 18.6. The van der Waals surface area contributed by atoms with Gasteiger partial charge in [0.15, 0.2) is 11.5 Å². The normalized spacial score (nSPS) is 14.7. The van der Waals surface area contributed by atoms with Gasteiger partial charge in [-0.1, -0.05) is 66.2 Å². The Balaban J connectivity index is 1.51. The minimum atomic E-state index is -0.283. The first kappa shape index (κ1) is 22.7. The average molecular weight is 460 g/mol. The fraction of sp³-hybridized carbons (Fsp3) is 0.185. The Labute approximate surface area is 198 Å². The molecule has 0 spiro atoms. The summed E-state index contributed by atoms with van der Waals surface area (Å²) in [5.74, 6) is 0.945. The summed E-state index contributed by atoms with van der Waals surface area (Å²) in [7, 11) is 0. The van der Waals surface area contributed by atoms with Crippen molar-refractivity contribution in [2.75, 3.05) is 6.61 Å². The highest BCUT2D eigenvalue weighted by molar-refractivity contribution is 8.18. The van der Waals surface area contributed by atoms with E-state index in [0.29, 0.717) is 29.6 Å². The highest BCUT2D eigenvalue weighted by Gasteiger charge is 2.35. The minimum absolute atomic E-state index is 0.263. The third-order valence-electron chi connectivity index (χ3n) is 5.10. The molecule has 2 amide bonds. The number of nitrogens with zero attached hydrogens (tertiary/aromatic N) is 1. The van der Waals surface area contributed by atoms with Crippen LogP contribution in [0.2, 0.25) is 0 Å². The molecule has 0 saturated carbocycles. The fourth-order valence-corrected chi connectivity index (χ4v) is 4.36. The number of aryl methyl sites for hydroxylation is 1. The number of ether oxygens (including phenoxy) is 2. The quantitative estimate of drug-likeness (QED) is 0.375. The number of carbonyl (C=O) groups excluding carboxylic acids is 2. The molecule has 5 nitrogen and oxygen atoms in total. The van der Waals surface area contributed by atoms with Gasteiger partial charge in [0, 0.05) is 0 Å². The highest BCUT2D eigenvalue weighted by Crippen LogP contribution is 2.35. The lowest BCUT2D eigenvalue weighted by Crippen LogP contribution is -2.27. The van der Waals surface area contributed by atoms with Crippen molar-refractivity contribution in [1.82, 2.24) is 4.90 Å². The van der Waals surface area contributed by atoms with Gasteiger partial charge in [0.2, 0.25) is 0 Å². The average Bonchev–Trinajstić information content (AvgIpc) is 3.07. The van der Waals surface area contributed by atoms with E-state index in [9.17, 15) is 9.59 Å². The van der Waals surface area contributed by atoms with Crippen LogP contribution >= 0.6 is 11.8 Å². The van der Waals surface area contributed by atoms with E-state index >= 15 is 0 Å². The molecule has 1 fully saturated rings. The van der Waals surface area contributed by atoms with Gasteiger partial charge >= 0.3 is 0 Å². The number of amides is 2. The molecule has 3 aromatic carbocycles. The second-order valence-electron chi connectivity index (χ2n) is 7.67. The second kappa shape index (κ2) is 10.4. The molecule has 0 aliphatic carbocycles. The van der Waals surface area contributed by atoms with E-state index in [0.717, 1.165) is 34.0 Å². The van der Waals surface area contributed by atoms with Gasteiger partial charge in [-0.05, 0) is 60.5 Å². The Morgan fingerprint density at radius 3 is 2.42 bits per heavy atom. The zero-order chi connectivity index (χ0) is 23.2. The third-order valence-corrected chi connectivity index (χ3v) is 6.01. The Kier molecular flexibility index (Phi) is 7.15. The van der Waals surface area contributed by atoms with Gasteiger partial charge < -0.3 is 9.47 Å². The molecule has 3 aromatic rings. The number of carbonyl (C=O) groups is 2. The van der Waals surface area contributed by atoms with Crippen LogP contribution in [0.25, 0.3) is 6.08 Å². The van der Waals surface area contributed by atoms with Crippen molar-refractivity contribution in [2.45, 2.75) is 27.0 Å². The first-order valence-electron chi connectivity index (χ1n) is 10.8. The molecular weight excluding hydrogens is 434 g/mol. The Morgan fingerprint density at radius 1 is 0.879 bits per heavy atom. The smallest absolute Gasteiger partial charge is 0.293 e. The molecular formula is C27H25NO4S. The fourth-order valence-electron chi connectivity index (χ4n) is 3.52. The lowest BCUT2D eigenvalue weighted by Gasteiger charge is -2.13. The lowest BCUT2D eigenvalue weighted by atomic mass is 10.1. The van der Waals surface area contributed by atoms with Crippen LogP contribution in [0.4, 0.5) is 4.79 Å². The Morgan fingerprint density at radius 2 is 1.67 bits per heavy atom. The van der Waals surface area contributed by atoms with Crippen LogP contribution < -0.4 is 9.47 Å². The van der Waals surface area contributed by atoms with E-state index in [1.165, 1.54) is 4.90 Å². The van der Waals surface area contributed by atoms with E-state index in [4.69, 9.17) is 9.47 Å². The molecule has 33 heavy (non-hydrogen) atoms. The van der Waals surface area contributed by atoms with Crippen molar-refractivity contribution in [3.8, 4) is 11.5 Å². The molecule has 0 unspecified atom stereocenters. The third kappa shape index (κ3) is 5.65. The zero-order valence-corrected chi connectivity index (χ0v) is 19.4. The van der Waals surface area contributed by atoms with E-state index in [2.05, 4.69) is 0 Å². The summed E-state index contributed by atoms with van der Waals surface area (Å²) >= 11 is 0.957. The first-order chi connectivity index (χ1) is 16.0. The van der Waals surface area contributed by atoms with Crippen LogP contribution in [-0.4, -0.2) is 22.7 Å². The Bertz CT molecular complexity index is 1190. The van der Waals surface area contributed by atoms with Crippen LogP contribution in [-0.2, 0) is 17.9 Å². The summed E-state index contributed by atoms with van der Waals surface area (Å²) in [6.45, 7) is 5.07. The highest BCUT2D eigenvalue weighted by atomic mass is 32.2. The van der Waals surface area contributed by atoms with Crippen molar-refractivity contribution in [2.24, 2.45) is 0 Å². The van der Waals surface area contributed by atoms with Gasteiger partial charge in [-0.3, -0.25) is 14.5 Å². The van der Waals surface area contributed by atoms with Gasteiger partial charge in [-0.15, -0.1) is 0 Å². The van der Waals surface area contributed by atoms with Crippen molar-refractivity contribution in [3.63, 3.8) is 0 Å². The summed E-state index contributed by atoms with van der Waals surface area (Å²) in [4.78, 5) is 27.1. The lowest BCUT2D eigenvalue weighted by molar-refractivity contribution is -0.123. The van der Waals surface area contributed by atoms with Gasteiger partial charge in [0.05, 0.1) is 18.1 Å². The summed E-state index contributed by atoms with van der Waals surface area (Å²) in [5, 5.41) is -0.263. The van der Waals surface area contributed by atoms with E-state index in [1.807, 2.05) is 86.6 Å². The van der Waals surface area contributed by atoms with E-state index in [-0.39, 0.29) is 17.7 Å². The molecule has 4 rings (SSSR count). The minimum Gasteiger partial charge on any atom is -0.490 e. The van der Waals surface area contributed by atoms with Crippen LogP contribution in [0.3, 0.4) is 0 Å². The van der Waals surface area contributed by atoms with Crippen LogP contribution in [0.1, 0.15) is 29.2 Å². The van der Waals surface area contributed by atoms with Crippen molar-refractivity contribution < 1.29 is 19.1 Å². The SMILES string of the molecule is CCOc1cc(/C=C2\SC(=O)N(Cc3cccc(C)c3)C2=O)ccc1OCc1ccccc1. The number of hydrogen-bond donors (Lipinski definition) is 0. The summed E-state index contributed by atoms with van der Waals surface area (Å²) in [6, 6.07) is 23.2. The van der Waals surface area contributed by atoms with Crippen molar-refractivity contribution in [1.29, 1.82) is 0 Å². The van der Waals surface area contributed by atoms with Gasteiger partial charge in [-0.25, -0.2) is 0 Å². The maximum atomic E-state index is 12.9. The molecule has 1 aliphatic heterocycles. The Hall–Kier alpha value is -3.51. The number of hydrogen-bond acceptors (Lipinski definition) is 5. The first-order valence-corrected chi connectivity index (χ1v) is 11.6. The van der Waals surface area contributed by atoms with Crippen LogP contribution in [0.15, 0.2) is 77.7 Å². The molecule has 6 heteroatoms. The molecule has 0 atom stereocenters. The number of benzene rings is 3. The monoisotopic (exact) mass is 459 g/mol. The standard InChI is InChI=1S/C27H25NO4S/c1-3-31-24-15-21(12-13-23(24)32-18-20-9-5-4-6-10-20)16-25-26(29)28(27(30)33-25)17-22-11-7-8-19(2)14-22/h4-16H,3,17-18H2,1-2H3/b25-16-.